The molecule has 0 spiro atoms. The monoisotopic (exact) mass is 655 g/mol. The van der Waals surface area contributed by atoms with E-state index in [-0.39, 0.29) is 11.5 Å². The molecule has 0 aliphatic heterocycles. The Kier molecular flexibility index (Phi) is 9.35. The van der Waals surface area contributed by atoms with Gasteiger partial charge in [0.25, 0.3) is 11.5 Å². The molecule has 0 bridgehead atoms. The van der Waals surface area contributed by atoms with Crippen LogP contribution in [0.1, 0.15) is 40.3 Å². The van der Waals surface area contributed by atoms with E-state index in [9.17, 15) is 9.59 Å². The minimum Gasteiger partial charge on any atom is -0.495 e. The number of amides is 1. The number of para-hydroxylation sites is 1. The number of halogens is 1. The zero-order valence-corrected chi connectivity index (χ0v) is 26.9. The van der Waals surface area contributed by atoms with Crippen LogP contribution in [0.4, 0.5) is 0 Å². The molecule has 0 saturated heterocycles. The number of nitrogens with zero attached hydrogens (tertiary/aromatic N) is 3. The molecule has 4 aromatic carbocycles. The Balaban J connectivity index is 1.66. The first-order chi connectivity index (χ1) is 21.2. The molecule has 1 amide bonds. The van der Waals surface area contributed by atoms with Crippen molar-refractivity contribution in [3.63, 3.8) is 0 Å². The van der Waals surface area contributed by atoms with Crippen LogP contribution in [0.3, 0.4) is 0 Å². The Hall–Kier alpha value is -4.63. The summed E-state index contributed by atoms with van der Waals surface area (Å²) in [7, 11) is 4.76. The van der Waals surface area contributed by atoms with Crippen molar-refractivity contribution in [3.05, 3.63) is 122 Å². The number of fused-ring (bicyclic) bond motifs is 1. The lowest BCUT2D eigenvalue weighted by Crippen LogP contribution is -2.38. The largest absolute Gasteiger partial charge is 0.495 e. The van der Waals surface area contributed by atoms with Gasteiger partial charge in [-0.15, -0.1) is 0 Å². The molecular formula is C35H34BrN3O5. The number of carbonyl (C=O) groups excluding carboxylic acids is 1. The lowest BCUT2D eigenvalue weighted by Gasteiger charge is -2.31. The molecule has 0 fully saturated rings. The molecule has 0 saturated carbocycles. The molecule has 0 aliphatic rings. The lowest BCUT2D eigenvalue weighted by atomic mass is 10.1. The third-order valence-electron chi connectivity index (χ3n) is 7.66. The van der Waals surface area contributed by atoms with Crippen molar-refractivity contribution in [2.45, 2.75) is 26.3 Å². The molecule has 5 aromatic rings. The van der Waals surface area contributed by atoms with E-state index in [1.807, 2.05) is 80.6 Å². The molecule has 8 nitrogen and oxygen atoms in total. The van der Waals surface area contributed by atoms with Gasteiger partial charge in [0, 0.05) is 16.6 Å². The fraction of sp³-hybridized carbons (Fsp3) is 0.229. The number of rotatable bonds is 10. The highest BCUT2D eigenvalue weighted by Crippen LogP contribution is 2.31. The fourth-order valence-electron chi connectivity index (χ4n) is 5.29. The molecule has 5 rings (SSSR count). The number of methoxy groups -OCH3 is 3. The number of hydrogen-bond acceptors (Lipinski definition) is 6. The quantitative estimate of drug-likeness (QED) is 0.162. The van der Waals surface area contributed by atoms with Gasteiger partial charge >= 0.3 is 0 Å². The third kappa shape index (κ3) is 6.19. The highest BCUT2D eigenvalue weighted by Gasteiger charge is 2.28. The average molecular weight is 657 g/mol. The van der Waals surface area contributed by atoms with E-state index in [2.05, 4.69) is 15.9 Å². The van der Waals surface area contributed by atoms with Crippen LogP contribution in [-0.4, -0.2) is 48.2 Å². The Bertz CT molecular complexity index is 1870. The standard InChI is InChI=1S/C35H34BrN3O5/c1-22-10-16-30(42-3)29(20-22)39-33(37-28-9-7-6-8-27(28)35(39)41)23(2)38(34(40)25-12-14-26(36)15-13-25)19-18-24-11-17-31(43-4)32(21-24)44-5/h6-17,20-21,23H,18-19H2,1-5H3. The molecule has 0 radical (unpaired) electrons. The summed E-state index contributed by atoms with van der Waals surface area (Å²) >= 11 is 3.46. The molecule has 0 N–H and O–H groups in total. The van der Waals surface area contributed by atoms with Crippen molar-refractivity contribution in [2.24, 2.45) is 0 Å². The second-order valence-corrected chi connectivity index (χ2v) is 11.3. The van der Waals surface area contributed by atoms with Gasteiger partial charge in [-0.3, -0.25) is 14.2 Å². The van der Waals surface area contributed by atoms with Gasteiger partial charge in [-0.2, -0.15) is 0 Å². The normalized spacial score (nSPS) is 11.7. The summed E-state index contributed by atoms with van der Waals surface area (Å²) in [6.45, 7) is 4.21. The number of ether oxygens (including phenoxy) is 3. The van der Waals surface area contributed by atoms with Crippen LogP contribution in [0.25, 0.3) is 16.6 Å². The van der Waals surface area contributed by atoms with Gasteiger partial charge in [0.1, 0.15) is 11.6 Å². The summed E-state index contributed by atoms with van der Waals surface area (Å²) < 4.78 is 19.1. The van der Waals surface area contributed by atoms with E-state index in [4.69, 9.17) is 19.2 Å². The van der Waals surface area contributed by atoms with Crippen molar-refractivity contribution < 1.29 is 19.0 Å². The Morgan fingerprint density at radius 3 is 2.27 bits per heavy atom. The highest BCUT2D eigenvalue weighted by atomic mass is 79.9. The summed E-state index contributed by atoms with van der Waals surface area (Å²) in [6.07, 6.45) is 0.526. The first kappa shape index (κ1) is 30.8. The first-order valence-corrected chi connectivity index (χ1v) is 15.0. The van der Waals surface area contributed by atoms with E-state index in [1.165, 1.54) is 0 Å². The fourth-order valence-corrected chi connectivity index (χ4v) is 5.56. The van der Waals surface area contributed by atoms with Crippen LogP contribution in [-0.2, 0) is 6.42 Å². The van der Waals surface area contributed by atoms with Gasteiger partial charge in [-0.05, 0) is 92.1 Å². The Morgan fingerprint density at radius 1 is 0.886 bits per heavy atom. The van der Waals surface area contributed by atoms with Gasteiger partial charge in [-0.1, -0.05) is 40.2 Å². The molecule has 1 heterocycles. The number of hydrogen-bond donors (Lipinski definition) is 0. The van der Waals surface area contributed by atoms with E-state index < -0.39 is 6.04 Å². The third-order valence-corrected chi connectivity index (χ3v) is 8.19. The topological polar surface area (TPSA) is 82.9 Å². The summed E-state index contributed by atoms with van der Waals surface area (Å²) in [6, 6.07) is 25.3. The van der Waals surface area contributed by atoms with Crippen LogP contribution in [0.15, 0.2) is 94.2 Å². The van der Waals surface area contributed by atoms with E-state index in [0.29, 0.717) is 58.2 Å². The van der Waals surface area contributed by atoms with Gasteiger partial charge in [0.2, 0.25) is 0 Å². The van der Waals surface area contributed by atoms with E-state index in [0.717, 1.165) is 15.6 Å². The number of aryl methyl sites for hydroxylation is 1. The van der Waals surface area contributed by atoms with E-state index >= 15 is 0 Å². The van der Waals surface area contributed by atoms with Crippen LogP contribution in [0, 0.1) is 6.92 Å². The van der Waals surface area contributed by atoms with Crippen molar-refractivity contribution in [1.29, 1.82) is 0 Å². The predicted octanol–water partition coefficient (Wildman–Crippen LogP) is 6.93. The summed E-state index contributed by atoms with van der Waals surface area (Å²) in [5.41, 5.74) is 3.32. The van der Waals surface area contributed by atoms with Crippen LogP contribution in [0.2, 0.25) is 0 Å². The predicted molar refractivity (Wildman–Crippen MR) is 175 cm³/mol. The summed E-state index contributed by atoms with van der Waals surface area (Å²) in [5.74, 6) is 2.01. The van der Waals surface area contributed by atoms with Crippen molar-refractivity contribution in [1.82, 2.24) is 14.5 Å². The molecule has 1 aromatic heterocycles. The second kappa shape index (κ2) is 13.3. The summed E-state index contributed by atoms with van der Waals surface area (Å²) in [5, 5.41) is 0.475. The van der Waals surface area contributed by atoms with Crippen molar-refractivity contribution in [3.8, 4) is 22.9 Å². The molecule has 0 aliphatic carbocycles. The first-order valence-electron chi connectivity index (χ1n) is 14.2. The summed E-state index contributed by atoms with van der Waals surface area (Å²) in [4.78, 5) is 35.2. The zero-order valence-electron chi connectivity index (χ0n) is 25.3. The maximum atomic E-state index is 14.2. The van der Waals surface area contributed by atoms with Crippen LogP contribution >= 0.6 is 15.9 Å². The molecule has 1 unspecified atom stereocenters. The van der Waals surface area contributed by atoms with Crippen LogP contribution < -0.4 is 19.8 Å². The number of benzene rings is 4. The average Bonchev–Trinajstić information content (AvgIpc) is 3.04. The Labute approximate surface area is 265 Å². The molecule has 1 atom stereocenters. The highest BCUT2D eigenvalue weighted by molar-refractivity contribution is 9.10. The van der Waals surface area contributed by atoms with Gasteiger partial charge in [0.15, 0.2) is 11.5 Å². The SMILES string of the molecule is COc1ccc(CCN(C(=O)c2ccc(Br)cc2)C(C)c2nc3ccccc3c(=O)n2-c2cc(C)ccc2OC)cc1OC. The smallest absolute Gasteiger partial charge is 0.266 e. The van der Waals surface area contributed by atoms with Crippen LogP contribution in [0.5, 0.6) is 17.2 Å². The number of aromatic nitrogens is 2. The minimum absolute atomic E-state index is 0.185. The molecule has 9 heteroatoms. The second-order valence-electron chi connectivity index (χ2n) is 10.4. The van der Waals surface area contributed by atoms with Gasteiger partial charge < -0.3 is 19.1 Å². The van der Waals surface area contributed by atoms with E-state index in [1.54, 1.807) is 49.0 Å². The van der Waals surface area contributed by atoms with Crippen molar-refractivity contribution >= 4 is 32.7 Å². The van der Waals surface area contributed by atoms with Gasteiger partial charge in [-0.25, -0.2) is 4.98 Å². The van der Waals surface area contributed by atoms with Crippen molar-refractivity contribution in [2.75, 3.05) is 27.9 Å². The Morgan fingerprint density at radius 2 is 1.57 bits per heavy atom. The number of carbonyl (C=O) groups is 1. The maximum Gasteiger partial charge on any atom is 0.266 e. The molecule has 226 valence electrons. The molecule has 44 heavy (non-hydrogen) atoms. The zero-order chi connectivity index (χ0) is 31.4. The lowest BCUT2D eigenvalue weighted by molar-refractivity contribution is 0.0683. The maximum absolute atomic E-state index is 14.2. The van der Waals surface area contributed by atoms with Gasteiger partial charge in [0.05, 0.1) is 44.0 Å². The molecular weight excluding hydrogens is 622 g/mol. The minimum atomic E-state index is -0.603.